The third kappa shape index (κ3) is 3.17. The minimum atomic E-state index is -3.66. The molecule has 3 aromatic rings. The third-order valence-electron chi connectivity index (χ3n) is 3.69. The smallest absolute Gasteiger partial charge is 0.389 e. The second-order valence-corrected chi connectivity index (χ2v) is 7.27. The molecule has 26 heavy (non-hydrogen) atoms. The number of hydrogen-bond acceptors (Lipinski definition) is 6. The van der Waals surface area contributed by atoms with Gasteiger partial charge < -0.3 is 15.5 Å². The number of carbonyl (C=O) groups is 1. The number of pyridine rings is 1. The van der Waals surface area contributed by atoms with Crippen molar-refractivity contribution >= 4 is 37.9 Å². The van der Waals surface area contributed by atoms with Gasteiger partial charge in [-0.1, -0.05) is 6.92 Å². The quantitative estimate of drug-likeness (QED) is 0.619. The maximum Gasteiger partial charge on any atom is 0.411 e. The molecule has 134 valence electrons. The van der Waals surface area contributed by atoms with E-state index in [2.05, 4.69) is 14.7 Å². The summed E-state index contributed by atoms with van der Waals surface area (Å²) in [5.74, 6) is -0.142. The van der Waals surface area contributed by atoms with Crippen molar-refractivity contribution in [3.05, 3.63) is 30.0 Å². The number of rotatable bonds is 5. The molecule has 0 aliphatic carbocycles. The highest BCUT2D eigenvalue weighted by atomic mass is 32.2. The number of primary amides is 1. The van der Waals surface area contributed by atoms with Crippen molar-refractivity contribution in [1.29, 1.82) is 5.26 Å². The number of benzene rings is 1. The summed E-state index contributed by atoms with van der Waals surface area (Å²) in [6.07, 6.45) is -0.404. The number of carbonyl (C=O) groups excluding carboxylic acids is 1. The fourth-order valence-corrected chi connectivity index (χ4v) is 3.72. The Morgan fingerprint density at radius 1 is 1.38 bits per heavy atom. The molecule has 2 aromatic heterocycles. The number of sulfonamides is 1. The van der Waals surface area contributed by atoms with Crippen molar-refractivity contribution in [2.24, 2.45) is 5.73 Å². The molecule has 0 unspecified atom stereocenters. The molecule has 0 aliphatic rings. The van der Waals surface area contributed by atoms with Crippen molar-refractivity contribution < 1.29 is 17.9 Å². The van der Waals surface area contributed by atoms with E-state index in [1.165, 1.54) is 18.2 Å². The number of aromatic amines is 1. The number of amides is 1. The number of nitrogens with two attached hydrogens (primary N) is 1. The Kier molecular flexibility index (Phi) is 4.50. The lowest BCUT2D eigenvalue weighted by Crippen LogP contribution is -2.24. The van der Waals surface area contributed by atoms with Crippen molar-refractivity contribution in [2.45, 2.75) is 18.2 Å². The average Bonchev–Trinajstić information content (AvgIpc) is 2.97. The first-order chi connectivity index (χ1) is 12.4. The molecule has 0 fully saturated rings. The second kappa shape index (κ2) is 6.62. The highest BCUT2D eigenvalue weighted by Gasteiger charge is 2.18. The molecule has 2 heterocycles. The molecule has 10 heteroatoms. The normalized spacial score (nSPS) is 11.5. The average molecular weight is 373 g/mol. The fourth-order valence-electron chi connectivity index (χ4n) is 2.56. The highest BCUT2D eigenvalue weighted by molar-refractivity contribution is 7.89. The molecule has 0 saturated carbocycles. The van der Waals surface area contributed by atoms with Crippen LogP contribution in [0.1, 0.15) is 19.0 Å². The standard InChI is InChI=1S/C16H15N5O4S/c1-2-5-19-26(23,24)10-3-4-13-11(7-10)12-6-9(8-17)20-15(14(12)21-13)25-16(18)22/h3-4,6-7,19,21H,2,5H2,1H3,(H2,18,22). The zero-order chi connectivity index (χ0) is 18.9. The van der Waals surface area contributed by atoms with E-state index in [1.54, 1.807) is 6.07 Å². The molecule has 1 amide bonds. The Labute approximate surface area is 148 Å². The molecule has 0 bridgehead atoms. The van der Waals surface area contributed by atoms with E-state index < -0.39 is 16.1 Å². The van der Waals surface area contributed by atoms with Crippen LogP contribution in [0.4, 0.5) is 4.79 Å². The van der Waals surface area contributed by atoms with Gasteiger partial charge in [-0.3, -0.25) is 0 Å². The van der Waals surface area contributed by atoms with Gasteiger partial charge in [0, 0.05) is 22.8 Å². The number of nitrogens with one attached hydrogen (secondary N) is 2. The van der Waals surface area contributed by atoms with E-state index in [0.717, 1.165) is 0 Å². The molecule has 9 nitrogen and oxygen atoms in total. The summed E-state index contributed by atoms with van der Waals surface area (Å²) in [5.41, 5.74) is 5.99. The zero-order valence-corrected chi connectivity index (χ0v) is 14.6. The summed E-state index contributed by atoms with van der Waals surface area (Å²) in [5, 5.41) is 10.2. The number of aromatic nitrogens is 2. The van der Waals surface area contributed by atoms with Gasteiger partial charge in [-0.25, -0.2) is 22.9 Å². The van der Waals surface area contributed by atoms with Crippen LogP contribution in [0.15, 0.2) is 29.2 Å². The molecule has 3 rings (SSSR count). The zero-order valence-electron chi connectivity index (χ0n) is 13.7. The van der Waals surface area contributed by atoms with Crippen LogP contribution in [0.3, 0.4) is 0 Å². The second-order valence-electron chi connectivity index (χ2n) is 5.50. The van der Waals surface area contributed by atoms with Gasteiger partial charge in [0.25, 0.3) is 0 Å². The third-order valence-corrected chi connectivity index (χ3v) is 5.15. The number of H-pyrrole nitrogens is 1. The summed E-state index contributed by atoms with van der Waals surface area (Å²) < 4.78 is 32.1. The molecule has 0 spiro atoms. The van der Waals surface area contributed by atoms with E-state index in [0.29, 0.717) is 34.8 Å². The Hall–Kier alpha value is -3.16. The molecule has 1 aromatic carbocycles. The predicted octanol–water partition coefficient (Wildman–Crippen LogP) is 1.73. The number of ether oxygens (including phenoxy) is 1. The van der Waals surface area contributed by atoms with E-state index in [-0.39, 0.29) is 16.5 Å². The van der Waals surface area contributed by atoms with Crippen LogP contribution >= 0.6 is 0 Å². The molecule has 0 atom stereocenters. The first-order valence-corrected chi connectivity index (χ1v) is 9.17. The van der Waals surface area contributed by atoms with Gasteiger partial charge >= 0.3 is 6.09 Å². The van der Waals surface area contributed by atoms with Gasteiger partial charge in [0.2, 0.25) is 15.9 Å². The Bertz CT molecular complexity index is 1160. The van der Waals surface area contributed by atoms with Gasteiger partial charge in [-0.05, 0) is 30.7 Å². The lowest BCUT2D eigenvalue weighted by atomic mass is 10.1. The summed E-state index contributed by atoms with van der Waals surface area (Å²) >= 11 is 0. The van der Waals surface area contributed by atoms with Gasteiger partial charge in [-0.2, -0.15) is 5.26 Å². The lowest BCUT2D eigenvalue weighted by molar-refractivity contribution is 0.209. The van der Waals surface area contributed by atoms with Crippen LogP contribution in [-0.4, -0.2) is 31.0 Å². The number of nitriles is 1. The molecule has 4 N–H and O–H groups in total. The predicted molar refractivity (Wildman–Crippen MR) is 94.0 cm³/mol. The molecule has 0 aliphatic heterocycles. The van der Waals surface area contributed by atoms with E-state index in [4.69, 9.17) is 15.7 Å². The van der Waals surface area contributed by atoms with Crippen LogP contribution in [-0.2, 0) is 10.0 Å². The molecular formula is C16H15N5O4S. The first-order valence-electron chi connectivity index (χ1n) is 7.69. The Morgan fingerprint density at radius 2 is 2.15 bits per heavy atom. The minimum Gasteiger partial charge on any atom is -0.389 e. The molecular weight excluding hydrogens is 358 g/mol. The number of hydrogen-bond donors (Lipinski definition) is 3. The van der Waals surface area contributed by atoms with Crippen LogP contribution in [0.5, 0.6) is 5.88 Å². The van der Waals surface area contributed by atoms with Crippen LogP contribution in [0.2, 0.25) is 0 Å². The van der Waals surface area contributed by atoms with E-state index in [1.807, 2.05) is 13.0 Å². The topological polar surface area (TPSA) is 151 Å². The van der Waals surface area contributed by atoms with Crippen LogP contribution in [0, 0.1) is 11.3 Å². The highest BCUT2D eigenvalue weighted by Crippen LogP contribution is 2.32. The van der Waals surface area contributed by atoms with Crippen molar-refractivity contribution in [3.8, 4) is 11.9 Å². The monoisotopic (exact) mass is 373 g/mol. The maximum absolute atomic E-state index is 12.4. The summed E-state index contributed by atoms with van der Waals surface area (Å²) in [7, 11) is -3.66. The summed E-state index contributed by atoms with van der Waals surface area (Å²) in [6.45, 7) is 2.19. The largest absolute Gasteiger partial charge is 0.411 e. The van der Waals surface area contributed by atoms with Gasteiger partial charge in [0.15, 0.2) is 0 Å². The Balaban J connectivity index is 2.25. The maximum atomic E-state index is 12.4. The van der Waals surface area contributed by atoms with Gasteiger partial charge in [-0.15, -0.1) is 0 Å². The van der Waals surface area contributed by atoms with Crippen molar-refractivity contribution in [2.75, 3.05) is 6.54 Å². The van der Waals surface area contributed by atoms with E-state index >= 15 is 0 Å². The summed E-state index contributed by atoms with van der Waals surface area (Å²) in [6, 6.07) is 7.90. The number of fused-ring (bicyclic) bond motifs is 3. The first kappa shape index (κ1) is 17.7. The molecule has 0 radical (unpaired) electrons. The lowest BCUT2D eigenvalue weighted by Gasteiger charge is -2.05. The Morgan fingerprint density at radius 3 is 2.81 bits per heavy atom. The van der Waals surface area contributed by atoms with Crippen molar-refractivity contribution in [3.63, 3.8) is 0 Å². The van der Waals surface area contributed by atoms with Crippen molar-refractivity contribution in [1.82, 2.24) is 14.7 Å². The van der Waals surface area contributed by atoms with E-state index in [9.17, 15) is 13.2 Å². The summed E-state index contributed by atoms with van der Waals surface area (Å²) in [4.78, 5) is 18.1. The van der Waals surface area contributed by atoms with Crippen LogP contribution < -0.4 is 15.2 Å². The minimum absolute atomic E-state index is 0.00650. The molecule has 0 saturated heterocycles. The fraction of sp³-hybridized carbons (Fsp3) is 0.188. The number of nitrogens with zero attached hydrogens (tertiary/aromatic N) is 2. The van der Waals surface area contributed by atoms with Gasteiger partial charge in [0.1, 0.15) is 17.3 Å². The SMILES string of the molecule is CCCNS(=O)(=O)c1ccc2[nH]c3c(OC(N)=O)nc(C#N)cc3c2c1. The van der Waals surface area contributed by atoms with Crippen LogP contribution in [0.25, 0.3) is 21.8 Å². The van der Waals surface area contributed by atoms with Gasteiger partial charge in [0.05, 0.1) is 4.90 Å².